The quantitative estimate of drug-likeness (QED) is 0.878. The SMILES string of the molecule is CCCOc1ccccc1[C@H]1C=C(C(=O)O)Nc2ncnn21. The van der Waals surface area contributed by atoms with Crippen LogP contribution in [0.1, 0.15) is 24.9 Å². The maximum Gasteiger partial charge on any atom is 0.352 e. The summed E-state index contributed by atoms with van der Waals surface area (Å²) in [6, 6.07) is 7.18. The van der Waals surface area contributed by atoms with E-state index < -0.39 is 5.97 Å². The Labute approximate surface area is 127 Å². The molecule has 2 N–H and O–H groups in total. The molecule has 3 rings (SSSR count). The Morgan fingerprint density at radius 1 is 1.45 bits per heavy atom. The van der Waals surface area contributed by atoms with Crippen LogP contribution in [0.3, 0.4) is 0 Å². The second-order valence-electron chi connectivity index (χ2n) is 4.87. The van der Waals surface area contributed by atoms with Crippen LogP contribution in [-0.4, -0.2) is 32.4 Å². The van der Waals surface area contributed by atoms with Crippen LogP contribution in [-0.2, 0) is 4.79 Å². The van der Waals surface area contributed by atoms with Gasteiger partial charge in [0.05, 0.1) is 6.61 Å². The third-order valence-corrected chi connectivity index (χ3v) is 3.34. The van der Waals surface area contributed by atoms with E-state index in [1.165, 1.54) is 6.33 Å². The number of rotatable bonds is 5. The average molecular weight is 300 g/mol. The molecular weight excluding hydrogens is 284 g/mol. The van der Waals surface area contributed by atoms with E-state index in [-0.39, 0.29) is 11.7 Å². The summed E-state index contributed by atoms with van der Waals surface area (Å²) >= 11 is 0. The van der Waals surface area contributed by atoms with E-state index in [4.69, 9.17) is 4.74 Å². The van der Waals surface area contributed by atoms with Gasteiger partial charge in [-0.1, -0.05) is 25.1 Å². The van der Waals surface area contributed by atoms with Gasteiger partial charge in [-0.25, -0.2) is 9.48 Å². The van der Waals surface area contributed by atoms with Gasteiger partial charge in [-0.05, 0) is 18.6 Å². The standard InChI is InChI=1S/C15H16N4O3/c1-2-7-22-13-6-4-3-5-10(13)12-8-11(14(20)21)18-15-16-9-17-19(12)15/h3-6,8-9,12H,2,7H2,1H3,(H,20,21)(H,16,17,18)/t12-/m1/s1. The van der Waals surface area contributed by atoms with Crippen molar-refractivity contribution < 1.29 is 14.6 Å². The lowest BCUT2D eigenvalue weighted by atomic mass is 10.0. The molecule has 1 aromatic carbocycles. The van der Waals surface area contributed by atoms with E-state index in [9.17, 15) is 9.90 Å². The van der Waals surface area contributed by atoms with Crippen LogP contribution in [0.25, 0.3) is 0 Å². The fraction of sp³-hybridized carbons (Fsp3) is 0.267. The predicted molar refractivity (Wildman–Crippen MR) is 79.7 cm³/mol. The number of nitrogens with one attached hydrogen (secondary N) is 1. The van der Waals surface area contributed by atoms with Gasteiger partial charge in [-0.15, -0.1) is 0 Å². The number of nitrogens with zero attached hydrogens (tertiary/aromatic N) is 3. The summed E-state index contributed by atoms with van der Waals surface area (Å²) < 4.78 is 7.41. The van der Waals surface area contributed by atoms with Crippen molar-refractivity contribution in [3.8, 4) is 5.75 Å². The lowest BCUT2D eigenvalue weighted by molar-refractivity contribution is -0.132. The topological polar surface area (TPSA) is 89.3 Å². The highest BCUT2D eigenvalue weighted by molar-refractivity contribution is 5.90. The Morgan fingerprint density at radius 2 is 2.27 bits per heavy atom. The van der Waals surface area contributed by atoms with Gasteiger partial charge >= 0.3 is 5.97 Å². The van der Waals surface area contributed by atoms with Crippen molar-refractivity contribution in [1.29, 1.82) is 0 Å². The minimum atomic E-state index is -1.04. The van der Waals surface area contributed by atoms with E-state index in [1.807, 2.05) is 31.2 Å². The van der Waals surface area contributed by atoms with Crippen molar-refractivity contribution in [2.24, 2.45) is 0 Å². The molecule has 1 atom stereocenters. The van der Waals surface area contributed by atoms with E-state index in [0.717, 1.165) is 17.7 Å². The monoisotopic (exact) mass is 300 g/mol. The molecule has 7 heteroatoms. The fourth-order valence-corrected chi connectivity index (χ4v) is 2.35. The Bertz CT molecular complexity index is 723. The highest BCUT2D eigenvalue weighted by Gasteiger charge is 2.27. The van der Waals surface area contributed by atoms with Gasteiger partial charge in [0.2, 0.25) is 5.95 Å². The lowest BCUT2D eigenvalue weighted by Crippen LogP contribution is -2.24. The minimum absolute atomic E-state index is 0.0794. The number of fused-ring (bicyclic) bond motifs is 1. The molecule has 1 aliphatic heterocycles. The molecule has 0 saturated heterocycles. The normalized spacial score (nSPS) is 16.4. The Balaban J connectivity index is 2.05. The summed E-state index contributed by atoms with van der Waals surface area (Å²) in [7, 11) is 0. The van der Waals surface area contributed by atoms with Crippen LogP contribution in [0, 0.1) is 0 Å². The van der Waals surface area contributed by atoms with Crippen molar-refractivity contribution in [1.82, 2.24) is 14.8 Å². The van der Waals surface area contributed by atoms with Crippen LogP contribution in [0.4, 0.5) is 5.95 Å². The summed E-state index contributed by atoms with van der Waals surface area (Å²) in [5.74, 6) is 0.0834. The first kappa shape index (κ1) is 14.1. The molecule has 0 spiro atoms. The summed E-state index contributed by atoms with van der Waals surface area (Å²) in [6.07, 6.45) is 3.90. The van der Waals surface area contributed by atoms with Crippen LogP contribution >= 0.6 is 0 Å². The van der Waals surface area contributed by atoms with Gasteiger partial charge in [-0.3, -0.25) is 0 Å². The first-order valence-electron chi connectivity index (χ1n) is 7.04. The molecule has 1 aromatic heterocycles. The van der Waals surface area contributed by atoms with Crippen molar-refractivity contribution >= 4 is 11.9 Å². The summed E-state index contributed by atoms with van der Waals surface area (Å²) in [4.78, 5) is 15.4. The van der Waals surface area contributed by atoms with Crippen molar-refractivity contribution in [2.75, 3.05) is 11.9 Å². The molecule has 0 fully saturated rings. The smallest absolute Gasteiger partial charge is 0.352 e. The fourth-order valence-electron chi connectivity index (χ4n) is 2.35. The number of carboxylic acids is 1. The number of para-hydroxylation sites is 1. The van der Waals surface area contributed by atoms with Crippen molar-refractivity contribution in [3.63, 3.8) is 0 Å². The largest absolute Gasteiger partial charge is 0.493 e. The van der Waals surface area contributed by atoms with E-state index in [2.05, 4.69) is 15.4 Å². The molecule has 22 heavy (non-hydrogen) atoms. The zero-order chi connectivity index (χ0) is 15.5. The van der Waals surface area contributed by atoms with Crippen molar-refractivity contribution in [2.45, 2.75) is 19.4 Å². The van der Waals surface area contributed by atoms with Gasteiger partial charge < -0.3 is 15.2 Å². The second-order valence-corrected chi connectivity index (χ2v) is 4.87. The highest BCUT2D eigenvalue weighted by Crippen LogP contribution is 2.33. The molecule has 0 aliphatic carbocycles. The summed E-state index contributed by atoms with van der Waals surface area (Å²) in [5, 5.41) is 16.2. The van der Waals surface area contributed by atoms with Gasteiger partial charge in [0.15, 0.2) is 0 Å². The summed E-state index contributed by atoms with van der Waals surface area (Å²) in [6.45, 7) is 2.63. The molecule has 2 heterocycles. The second kappa shape index (κ2) is 5.88. The number of hydrogen-bond acceptors (Lipinski definition) is 5. The maximum absolute atomic E-state index is 11.3. The molecule has 0 saturated carbocycles. The number of benzene rings is 1. The average Bonchev–Trinajstić information content (AvgIpc) is 3.00. The van der Waals surface area contributed by atoms with Gasteiger partial charge in [0, 0.05) is 5.56 Å². The van der Waals surface area contributed by atoms with Gasteiger partial charge in [0.1, 0.15) is 23.8 Å². The Kier molecular flexibility index (Phi) is 3.78. The molecule has 0 amide bonds. The highest BCUT2D eigenvalue weighted by atomic mass is 16.5. The first-order valence-corrected chi connectivity index (χ1v) is 7.04. The molecule has 0 radical (unpaired) electrons. The van der Waals surface area contributed by atoms with Crippen molar-refractivity contribution in [3.05, 3.63) is 47.9 Å². The van der Waals surface area contributed by atoms with Gasteiger partial charge in [-0.2, -0.15) is 10.1 Å². The van der Waals surface area contributed by atoms with E-state index in [0.29, 0.717) is 12.6 Å². The first-order chi connectivity index (χ1) is 10.7. The van der Waals surface area contributed by atoms with Crippen LogP contribution < -0.4 is 10.1 Å². The van der Waals surface area contributed by atoms with E-state index in [1.54, 1.807) is 10.8 Å². The lowest BCUT2D eigenvalue weighted by Gasteiger charge is -2.24. The predicted octanol–water partition coefficient (Wildman–Crippen LogP) is 2.05. The van der Waals surface area contributed by atoms with Crippen LogP contribution in [0.15, 0.2) is 42.4 Å². The van der Waals surface area contributed by atoms with Gasteiger partial charge in [0.25, 0.3) is 0 Å². The molecule has 114 valence electrons. The zero-order valence-electron chi connectivity index (χ0n) is 12.1. The number of allylic oxidation sites excluding steroid dienone is 1. The number of carboxylic acid groups (broad SMARTS) is 1. The molecular formula is C15H16N4O3. The number of anilines is 1. The van der Waals surface area contributed by atoms with E-state index >= 15 is 0 Å². The van der Waals surface area contributed by atoms with Crippen LogP contribution in [0.5, 0.6) is 5.75 Å². The molecule has 0 unspecified atom stereocenters. The van der Waals surface area contributed by atoms with Crippen LogP contribution in [0.2, 0.25) is 0 Å². The molecule has 0 bridgehead atoms. The zero-order valence-corrected chi connectivity index (χ0v) is 12.1. The molecule has 1 aliphatic rings. The third kappa shape index (κ3) is 2.52. The third-order valence-electron chi connectivity index (χ3n) is 3.34. The summed E-state index contributed by atoms with van der Waals surface area (Å²) in [5.41, 5.74) is 0.929. The Hall–Kier alpha value is -2.83. The number of aromatic nitrogens is 3. The number of aliphatic carboxylic acids is 1. The minimum Gasteiger partial charge on any atom is -0.493 e. The molecule has 7 nitrogen and oxygen atoms in total. The number of hydrogen-bond donors (Lipinski definition) is 2. The number of carbonyl (C=O) groups is 1. The maximum atomic E-state index is 11.3. The Morgan fingerprint density at radius 3 is 3.05 bits per heavy atom. The molecule has 2 aromatic rings. The number of ether oxygens (including phenoxy) is 1.